The van der Waals surface area contributed by atoms with Crippen LogP contribution < -0.4 is 10.7 Å². The van der Waals surface area contributed by atoms with Gasteiger partial charge in [-0.25, -0.2) is 0 Å². The minimum absolute atomic E-state index is 0.00747. The molecule has 5 heterocycles. The molecule has 4 amide bonds. The first-order valence-corrected chi connectivity index (χ1v) is 29.9. The standard InChI is InChI=1S/C57H76FIN8O7/c1-13-66-46-22-21-41-32-43(46)44(50(66)42-19-15-27-60-48(42)38(4)73-12)33-55(5,6)35-74-52(70)45-20-16-28-67(62-45)54(72)59(34-39-17-14-18-40(41)31-39)36-61-51(69)49(37(2)3)64(11)53(71)57(58)25-29-65(30-26-57)47(68)23-24-56(7,8)63(9)10/h14-15,17-19,21-22,27,31-32,37-38,45,49,62H,13,16,20,25-26,28-30,33-36H2,1-12H3,(H,61,69)/t38-,45-,49?/m0/s1. The summed E-state index contributed by atoms with van der Waals surface area (Å²) in [6, 6.07) is 17.0. The second-order valence-corrected chi connectivity index (χ2v) is 26.9. The van der Waals surface area contributed by atoms with Gasteiger partial charge in [0, 0.05) is 13.3 Å². The molecule has 0 aliphatic carbocycles. The van der Waals surface area contributed by atoms with Crippen molar-refractivity contribution in [2.45, 2.75) is 128 Å². The molecule has 2 fully saturated rings. The molecule has 3 aliphatic rings. The van der Waals surface area contributed by atoms with Crippen molar-refractivity contribution >= 4 is 58.3 Å². The number of alkyl halides is 3. The van der Waals surface area contributed by atoms with E-state index in [0.29, 0.717) is 36.8 Å². The van der Waals surface area contributed by atoms with Crippen molar-refractivity contribution in [1.29, 1.82) is 0 Å². The van der Waals surface area contributed by atoms with Gasteiger partial charge in [-0.15, -0.1) is 0 Å². The summed E-state index contributed by atoms with van der Waals surface area (Å²) in [6.45, 7) is 17.0. The molecule has 7 rings (SSSR count). The molecule has 400 valence electrons. The van der Waals surface area contributed by atoms with Gasteiger partial charge in [-0.1, -0.05) is 5.92 Å². The van der Waals surface area contributed by atoms with Gasteiger partial charge in [0.1, 0.15) is 0 Å². The Morgan fingerprint density at radius 2 is 1.74 bits per heavy atom. The topological polar surface area (TPSA) is 159 Å². The Hall–Kier alpha value is -5.42. The quantitative estimate of drug-likeness (QED) is 0.0373. The number of benzene rings is 2. The number of pyridine rings is 1. The van der Waals surface area contributed by atoms with Crippen LogP contribution in [-0.4, -0.2) is 139 Å². The van der Waals surface area contributed by atoms with E-state index in [2.05, 4.69) is 84.3 Å². The number of nitrogens with zero attached hydrogens (tertiary/aromatic N) is 6. The summed E-state index contributed by atoms with van der Waals surface area (Å²) in [5.74, 6) is 3.09. The number of hydrogen-bond donors (Lipinski definition) is 2. The predicted molar refractivity (Wildman–Crippen MR) is 296 cm³/mol. The average Bonchev–Trinajstić information content (AvgIpc) is 3.68. The fourth-order valence-electron chi connectivity index (χ4n) is 10.1. The number of piperidine rings is 1. The maximum atomic E-state index is 16.7. The van der Waals surface area contributed by atoms with E-state index in [0.717, 1.165) is 50.1 Å². The second kappa shape index (κ2) is 23.2. The number of hydrazine groups is 1. The van der Waals surface area contributed by atoms with Gasteiger partial charge < -0.3 is 4.74 Å². The Morgan fingerprint density at radius 1 is 1.03 bits per heavy atom. The van der Waals surface area contributed by atoms with E-state index in [1.54, 1.807) is 32.2 Å². The number of carbonyl (C=O) groups excluding carboxylic acids is 5. The summed E-state index contributed by atoms with van der Waals surface area (Å²) < 4.78 is 31.3. The monoisotopic (exact) mass is 1130 g/mol. The van der Waals surface area contributed by atoms with E-state index < -0.39 is 78.1 Å². The van der Waals surface area contributed by atoms with E-state index in [-0.39, 0.29) is 47.1 Å². The number of rotatable bonds is 11. The Bertz CT molecular complexity index is 2810. The number of halogens is 2. The summed E-state index contributed by atoms with van der Waals surface area (Å²) >= 11 is -2.95. The van der Waals surface area contributed by atoms with Gasteiger partial charge in [-0.05, 0) is 34.9 Å². The molecule has 0 saturated carbocycles. The number of aryl methyl sites for hydroxylation is 1. The summed E-state index contributed by atoms with van der Waals surface area (Å²) in [7, 11) is 6.88. The van der Waals surface area contributed by atoms with Crippen molar-refractivity contribution in [2.75, 3.05) is 59.0 Å². The number of esters is 1. The number of fused-ring (bicyclic) bond motifs is 6. The number of amides is 4. The Balaban J connectivity index is 1.18. The van der Waals surface area contributed by atoms with Crippen LogP contribution in [0.25, 0.3) is 33.3 Å². The maximum absolute atomic E-state index is 16.7. The van der Waals surface area contributed by atoms with Crippen molar-refractivity contribution in [3.05, 3.63) is 77.6 Å². The van der Waals surface area contributed by atoms with E-state index in [9.17, 15) is 24.0 Å². The SMILES string of the molecule is CCn1c(-c2cccnc2[C@H](C)OC)c2c3cc(ccc31)-c1cccc(c1)CI(CNC(=O)C(C(C)C)N(C)C(=O)C1(F)CCN(C(=O)C#CC(C)(C)N(C)C)CC1)C(=O)N1CCC[C@H](N1)C(=O)OCC(C)(C)C2. The number of ether oxygens (including phenoxy) is 2. The van der Waals surface area contributed by atoms with Crippen LogP contribution >= 0.6 is 19.8 Å². The van der Waals surface area contributed by atoms with Crippen LogP contribution in [0.5, 0.6) is 0 Å². The fourth-order valence-corrected chi connectivity index (χ4v) is 14.6. The third-order valence-electron chi connectivity index (χ3n) is 14.9. The van der Waals surface area contributed by atoms with Crippen LogP contribution in [0.1, 0.15) is 104 Å². The van der Waals surface area contributed by atoms with Crippen LogP contribution in [0.2, 0.25) is 0 Å². The van der Waals surface area contributed by atoms with Gasteiger partial charge in [-0.3, -0.25) is 4.90 Å². The van der Waals surface area contributed by atoms with Crippen LogP contribution in [-0.2, 0) is 46.0 Å². The van der Waals surface area contributed by atoms with Gasteiger partial charge >= 0.3 is 377 Å². The van der Waals surface area contributed by atoms with E-state index in [1.165, 1.54) is 16.8 Å². The van der Waals surface area contributed by atoms with Crippen LogP contribution in [0.15, 0.2) is 60.8 Å². The molecule has 6 bridgehead atoms. The van der Waals surface area contributed by atoms with Gasteiger partial charge in [0.15, 0.2) is 0 Å². The molecule has 15 nitrogen and oxygen atoms in total. The zero-order valence-electron chi connectivity index (χ0n) is 45.4. The summed E-state index contributed by atoms with van der Waals surface area (Å²) in [5.41, 5.74) is 7.83. The molecule has 3 atom stereocenters. The number of likely N-dealkylation sites (N-methyl/N-ethyl adjacent to an activating group) is 1. The molecule has 1 unspecified atom stereocenters. The van der Waals surface area contributed by atoms with Gasteiger partial charge in [0.2, 0.25) is 0 Å². The van der Waals surface area contributed by atoms with Crippen molar-refractivity contribution in [1.82, 2.24) is 40.0 Å². The molecule has 17 heteroatoms. The second-order valence-electron chi connectivity index (χ2n) is 21.8. The van der Waals surface area contributed by atoms with E-state index in [1.807, 2.05) is 58.0 Å². The summed E-state index contributed by atoms with van der Waals surface area (Å²) in [6.07, 6.45) is 2.72. The van der Waals surface area contributed by atoms with Crippen LogP contribution in [0, 0.1) is 23.2 Å². The average molecular weight is 1130 g/mol. The first-order valence-electron chi connectivity index (χ1n) is 25.8. The van der Waals surface area contributed by atoms with Crippen molar-refractivity contribution in [3.8, 4) is 34.2 Å². The van der Waals surface area contributed by atoms with E-state index >= 15 is 4.39 Å². The Morgan fingerprint density at radius 3 is 2.42 bits per heavy atom. The molecule has 2 aromatic carbocycles. The zero-order valence-corrected chi connectivity index (χ0v) is 47.5. The Labute approximate surface area is 444 Å². The van der Waals surface area contributed by atoms with Crippen molar-refractivity contribution < 1.29 is 37.8 Å². The first-order chi connectivity index (χ1) is 35.0. The molecular formula is C57H76FIN8O7. The van der Waals surface area contributed by atoms with Crippen molar-refractivity contribution in [3.63, 3.8) is 0 Å². The summed E-state index contributed by atoms with van der Waals surface area (Å²) in [4.78, 5) is 79.6. The number of hydrogen-bond acceptors (Lipinski definition) is 10. The van der Waals surface area contributed by atoms with Gasteiger partial charge in [0.05, 0.1) is 5.54 Å². The fraction of sp³-hybridized carbons (Fsp3) is 0.544. The van der Waals surface area contributed by atoms with E-state index in [4.69, 9.17) is 14.5 Å². The molecule has 74 heavy (non-hydrogen) atoms. The minimum atomic E-state index is -2.95. The first kappa shape index (κ1) is 56.3. The van der Waals surface area contributed by atoms with Gasteiger partial charge in [-0.2, -0.15) is 0 Å². The Kier molecular flexibility index (Phi) is 17.7. The third-order valence-corrected chi connectivity index (χ3v) is 19.9. The number of aromatic nitrogens is 2. The summed E-state index contributed by atoms with van der Waals surface area (Å²) in [5, 5.41) is 5.68. The number of likely N-dealkylation sites (tertiary alicyclic amines) is 1. The normalized spacial score (nSPS) is 19.6. The molecule has 2 N–H and O–H groups in total. The number of cyclic esters (lactones) is 1. The van der Waals surface area contributed by atoms with Crippen LogP contribution in [0.4, 0.5) is 9.18 Å². The zero-order chi connectivity index (χ0) is 53.9. The van der Waals surface area contributed by atoms with Crippen LogP contribution in [0.3, 0.4) is 0 Å². The molecular weight excluding hydrogens is 1050 g/mol. The number of methoxy groups -OCH3 is 1. The molecule has 2 aromatic heterocycles. The number of nitrogens with one attached hydrogen (secondary N) is 2. The molecule has 0 radical (unpaired) electrons. The molecule has 0 spiro atoms. The van der Waals surface area contributed by atoms with Gasteiger partial charge in [0.25, 0.3) is 0 Å². The molecule has 4 aromatic rings. The number of carbonyl (C=O) groups is 5. The molecule has 3 aliphatic heterocycles. The predicted octanol–water partition coefficient (Wildman–Crippen LogP) is 8.55. The third kappa shape index (κ3) is 12.3. The molecule has 2 saturated heterocycles. The van der Waals surface area contributed by atoms with Crippen molar-refractivity contribution in [2.24, 2.45) is 11.3 Å².